The second kappa shape index (κ2) is 6.00. The van der Waals surface area contributed by atoms with E-state index >= 15 is 0 Å². The van der Waals surface area contributed by atoms with Gasteiger partial charge in [-0.2, -0.15) is 0 Å². The number of amides is 1. The molecule has 0 aliphatic heterocycles. The summed E-state index contributed by atoms with van der Waals surface area (Å²) in [5.41, 5.74) is 0. The lowest BCUT2D eigenvalue weighted by atomic mass is 10.1. The van der Waals surface area contributed by atoms with Gasteiger partial charge in [-0.15, -0.1) is 0 Å². The van der Waals surface area contributed by atoms with Crippen LogP contribution in [0.25, 0.3) is 0 Å². The molecule has 100 valence electrons. The Morgan fingerprint density at radius 3 is 2.22 bits per heavy atom. The minimum atomic E-state index is -3.54. The first-order valence-corrected chi connectivity index (χ1v) is 7.55. The van der Waals surface area contributed by atoms with Crippen LogP contribution < -0.4 is 5.32 Å². The number of rotatable bonds is 5. The van der Waals surface area contributed by atoms with Gasteiger partial charge < -0.3 is 5.32 Å². The molecule has 0 aliphatic carbocycles. The van der Waals surface area contributed by atoms with E-state index in [9.17, 15) is 13.2 Å². The van der Waals surface area contributed by atoms with E-state index in [1.807, 2.05) is 20.8 Å². The van der Waals surface area contributed by atoms with E-state index in [1.54, 1.807) is 18.2 Å². The fourth-order valence-electron chi connectivity index (χ4n) is 1.35. The van der Waals surface area contributed by atoms with Crippen molar-refractivity contribution < 1.29 is 13.2 Å². The van der Waals surface area contributed by atoms with Crippen LogP contribution in [0.3, 0.4) is 0 Å². The zero-order valence-electron chi connectivity index (χ0n) is 10.9. The molecule has 0 saturated carbocycles. The highest BCUT2D eigenvalue weighted by molar-refractivity contribution is 7.92. The summed E-state index contributed by atoms with van der Waals surface area (Å²) in [5, 5.41) is 2.69. The van der Waals surface area contributed by atoms with Gasteiger partial charge in [0.1, 0.15) is 5.75 Å². The van der Waals surface area contributed by atoms with Crippen LogP contribution in [0, 0.1) is 5.92 Å². The summed E-state index contributed by atoms with van der Waals surface area (Å²) in [5.74, 6) is -0.693. The Balaban J connectivity index is 2.70. The lowest BCUT2D eigenvalue weighted by Crippen LogP contribution is -2.39. The van der Waals surface area contributed by atoms with E-state index in [0.717, 1.165) is 0 Å². The lowest BCUT2D eigenvalue weighted by Gasteiger charge is -2.17. The summed E-state index contributed by atoms with van der Waals surface area (Å²) in [6, 6.07) is 7.97. The van der Waals surface area contributed by atoms with Crippen LogP contribution in [0.15, 0.2) is 35.2 Å². The summed E-state index contributed by atoms with van der Waals surface area (Å²) in [6.45, 7) is 5.80. The van der Waals surface area contributed by atoms with Crippen LogP contribution in [0.1, 0.15) is 20.8 Å². The Kier molecular flexibility index (Phi) is 4.90. The van der Waals surface area contributed by atoms with Crippen molar-refractivity contribution in [3.63, 3.8) is 0 Å². The molecule has 1 amide bonds. The van der Waals surface area contributed by atoms with Gasteiger partial charge in [0, 0.05) is 6.04 Å². The molecule has 18 heavy (non-hydrogen) atoms. The van der Waals surface area contributed by atoms with Gasteiger partial charge in [-0.05, 0) is 25.0 Å². The molecule has 1 aromatic rings. The van der Waals surface area contributed by atoms with Crippen LogP contribution in [0.5, 0.6) is 0 Å². The van der Waals surface area contributed by atoms with E-state index in [2.05, 4.69) is 5.32 Å². The predicted molar refractivity (Wildman–Crippen MR) is 70.9 cm³/mol. The van der Waals surface area contributed by atoms with Gasteiger partial charge in [0.15, 0.2) is 9.84 Å². The van der Waals surface area contributed by atoms with Gasteiger partial charge in [-0.3, -0.25) is 4.79 Å². The van der Waals surface area contributed by atoms with Gasteiger partial charge in [0.2, 0.25) is 5.91 Å². The Morgan fingerprint density at radius 2 is 1.72 bits per heavy atom. The quantitative estimate of drug-likeness (QED) is 0.883. The molecule has 0 fully saturated rings. The molecule has 0 radical (unpaired) electrons. The molecule has 5 heteroatoms. The highest BCUT2D eigenvalue weighted by atomic mass is 32.2. The first-order chi connectivity index (χ1) is 8.33. The van der Waals surface area contributed by atoms with Crippen molar-refractivity contribution in [2.24, 2.45) is 5.92 Å². The van der Waals surface area contributed by atoms with E-state index in [0.29, 0.717) is 0 Å². The summed E-state index contributed by atoms with van der Waals surface area (Å²) in [7, 11) is -3.54. The maximum absolute atomic E-state index is 11.9. The zero-order chi connectivity index (χ0) is 13.8. The third-order valence-corrected chi connectivity index (χ3v) is 4.44. The minimum Gasteiger partial charge on any atom is -0.353 e. The summed E-state index contributed by atoms with van der Waals surface area (Å²) in [6.07, 6.45) is 0. The highest BCUT2D eigenvalue weighted by Gasteiger charge is 2.20. The van der Waals surface area contributed by atoms with Crippen molar-refractivity contribution in [3.8, 4) is 0 Å². The molecule has 4 nitrogen and oxygen atoms in total. The van der Waals surface area contributed by atoms with Gasteiger partial charge in [-0.25, -0.2) is 8.42 Å². The number of sulfone groups is 1. The van der Waals surface area contributed by atoms with Crippen LogP contribution >= 0.6 is 0 Å². The molecule has 0 aliphatic rings. The molecule has 0 heterocycles. The van der Waals surface area contributed by atoms with E-state index < -0.39 is 21.5 Å². The Labute approximate surface area is 108 Å². The molecule has 0 bridgehead atoms. The van der Waals surface area contributed by atoms with Crippen LogP contribution in [-0.2, 0) is 14.6 Å². The van der Waals surface area contributed by atoms with Crippen molar-refractivity contribution in [2.45, 2.75) is 31.7 Å². The normalized spacial score (nSPS) is 13.3. The standard InChI is InChI=1S/C13H19NO3S/c1-10(2)11(3)14-13(15)9-18(16,17)12-7-5-4-6-8-12/h4-8,10-11H,9H2,1-3H3,(H,14,15). The average Bonchev–Trinajstić information content (AvgIpc) is 2.29. The molecule has 0 saturated heterocycles. The van der Waals surface area contributed by atoms with E-state index in [4.69, 9.17) is 0 Å². The summed E-state index contributed by atoms with van der Waals surface area (Å²) < 4.78 is 23.9. The van der Waals surface area contributed by atoms with Gasteiger partial charge in [0.25, 0.3) is 0 Å². The van der Waals surface area contributed by atoms with Crippen LogP contribution in [-0.4, -0.2) is 26.1 Å². The second-order valence-corrected chi connectivity index (χ2v) is 6.66. The fraction of sp³-hybridized carbons (Fsp3) is 0.462. The van der Waals surface area contributed by atoms with Crippen molar-refractivity contribution in [1.82, 2.24) is 5.32 Å². The smallest absolute Gasteiger partial charge is 0.235 e. The first-order valence-electron chi connectivity index (χ1n) is 5.90. The molecule has 0 spiro atoms. The molecule has 1 unspecified atom stereocenters. The Hall–Kier alpha value is -1.36. The van der Waals surface area contributed by atoms with Crippen molar-refractivity contribution in [2.75, 3.05) is 5.75 Å². The summed E-state index contributed by atoms with van der Waals surface area (Å²) >= 11 is 0. The molecule has 1 aromatic carbocycles. The van der Waals surface area contributed by atoms with Crippen LogP contribution in [0.2, 0.25) is 0 Å². The molecule has 1 atom stereocenters. The molecule has 0 aromatic heterocycles. The van der Waals surface area contributed by atoms with Crippen molar-refractivity contribution in [3.05, 3.63) is 30.3 Å². The Bertz CT molecular complexity index is 494. The largest absolute Gasteiger partial charge is 0.353 e. The fourth-order valence-corrected chi connectivity index (χ4v) is 2.51. The minimum absolute atomic E-state index is 0.0385. The van der Waals surface area contributed by atoms with Gasteiger partial charge in [0.05, 0.1) is 4.90 Å². The number of nitrogens with one attached hydrogen (secondary N) is 1. The summed E-state index contributed by atoms with van der Waals surface area (Å²) in [4.78, 5) is 11.8. The Morgan fingerprint density at radius 1 is 1.17 bits per heavy atom. The van der Waals surface area contributed by atoms with E-state index in [-0.39, 0.29) is 16.9 Å². The monoisotopic (exact) mass is 269 g/mol. The molecule has 1 N–H and O–H groups in total. The van der Waals surface area contributed by atoms with Crippen molar-refractivity contribution in [1.29, 1.82) is 0 Å². The SMILES string of the molecule is CC(C)C(C)NC(=O)CS(=O)(=O)c1ccccc1. The first kappa shape index (κ1) is 14.7. The number of carbonyl (C=O) groups excluding carboxylic acids is 1. The van der Waals surface area contributed by atoms with E-state index in [1.165, 1.54) is 12.1 Å². The third-order valence-electron chi connectivity index (χ3n) is 2.81. The second-order valence-electron chi connectivity index (χ2n) is 4.67. The number of carbonyl (C=O) groups is 1. The maximum atomic E-state index is 11.9. The van der Waals surface area contributed by atoms with Gasteiger partial charge >= 0.3 is 0 Å². The zero-order valence-corrected chi connectivity index (χ0v) is 11.7. The molecule has 1 rings (SSSR count). The van der Waals surface area contributed by atoms with Gasteiger partial charge in [-0.1, -0.05) is 32.0 Å². The van der Waals surface area contributed by atoms with Crippen molar-refractivity contribution >= 4 is 15.7 Å². The number of hydrogen-bond acceptors (Lipinski definition) is 3. The average molecular weight is 269 g/mol. The maximum Gasteiger partial charge on any atom is 0.235 e. The highest BCUT2D eigenvalue weighted by Crippen LogP contribution is 2.10. The lowest BCUT2D eigenvalue weighted by molar-refractivity contribution is -0.119. The number of hydrogen-bond donors (Lipinski definition) is 1. The molecular weight excluding hydrogens is 250 g/mol. The topological polar surface area (TPSA) is 63.2 Å². The third kappa shape index (κ3) is 4.14. The predicted octanol–water partition coefficient (Wildman–Crippen LogP) is 1.62. The van der Waals surface area contributed by atoms with Crippen LogP contribution in [0.4, 0.5) is 0 Å². The number of benzene rings is 1. The molecular formula is C13H19NO3S.